The van der Waals surface area contributed by atoms with Crippen LogP contribution in [0.25, 0.3) is 32.6 Å². The Hall–Kier alpha value is -4.89. The highest BCUT2D eigenvalue weighted by atomic mass is 32.1. The molecule has 0 aliphatic carbocycles. The van der Waals surface area contributed by atoms with Crippen LogP contribution in [0.5, 0.6) is 11.6 Å². The third-order valence-corrected chi connectivity index (χ3v) is 6.72. The van der Waals surface area contributed by atoms with E-state index < -0.39 is 0 Å². The van der Waals surface area contributed by atoms with Crippen LogP contribution in [0.1, 0.15) is 4.88 Å². The zero-order valence-electron chi connectivity index (χ0n) is 19.8. The largest absolute Gasteiger partial charge is 0.438 e. The molecule has 0 aliphatic rings. The molecule has 0 saturated carbocycles. The van der Waals surface area contributed by atoms with Crippen LogP contribution < -0.4 is 15.8 Å². The lowest BCUT2D eigenvalue weighted by Crippen LogP contribution is -1.99. The second-order valence-corrected chi connectivity index (χ2v) is 9.55. The molecule has 0 aliphatic heterocycles. The highest BCUT2D eigenvalue weighted by Gasteiger charge is 2.13. The lowest BCUT2D eigenvalue weighted by atomic mass is 10.1. The van der Waals surface area contributed by atoms with Crippen molar-refractivity contribution in [2.75, 3.05) is 11.1 Å². The topological polar surface area (TPSA) is 112 Å². The van der Waals surface area contributed by atoms with Gasteiger partial charge in [0.25, 0.3) is 0 Å². The number of hydrogen-bond acceptors (Lipinski definition) is 9. The van der Waals surface area contributed by atoms with Crippen LogP contribution >= 0.6 is 11.3 Å². The van der Waals surface area contributed by atoms with Gasteiger partial charge in [-0.2, -0.15) is 0 Å². The van der Waals surface area contributed by atoms with E-state index in [0.29, 0.717) is 23.1 Å². The van der Waals surface area contributed by atoms with Gasteiger partial charge in [0.05, 0.1) is 16.1 Å². The van der Waals surface area contributed by atoms with Crippen LogP contribution in [0.4, 0.5) is 17.5 Å². The number of nitrogens with one attached hydrogen (secondary N) is 1. The summed E-state index contributed by atoms with van der Waals surface area (Å²) in [5, 5.41) is 14.5. The van der Waals surface area contributed by atoms with Crippen molar-refractivity contribution in [3.8, 4) is 33.5 Å². The number of ether oxygens (including phenoxy) is 1. The number of aromatic nitrogens is 5. The van der Waals surface area contributed by atoms with Crippen molar-refractivity contribution in [2.45, 2.75) is 6.92 Å². The lowest BCUT2D eigenvalue weighted by molar-refractivity contribution is 0.465. The lowest BCUT2D eigenvalue weighted by Gasteiger charge is -2.12. The van der Waals surface area contributed by atoms with Gasteiger partial charge in [-0.25, -0.2) is 15.0 Å². The normalized spacial score (nSPS) is 10.9. The fraction of sp³-hybridized carbons (Fsp3) is 0.0357. The van der Waals surface area contributed by atoms with E-state index in [9.17, 15) is 0 Å². The van der Waals surface area contributed by atoms with Gasteiger partial charge in [-0.15, -0.1) is 21.5 Å². The van der Waals surface area contributed by atoms with Gasteiger partial charge < -0.3 is 15.8 Å². The Kier molecular flexibility index (Phi) is 5.88. The molecule has 4 aromatic heterocycles. The van der Waals surface area contributed by atoms with Gasteiger partial charge in [0.1, 0.15) is 11.4 Å². The Labute approximate surface area is 216 Å². The maximum Gasteiger partial charge on any atom is 0.228 e. The number of benzene rings is 2. The summed E-state index contributed by atoms with van der Waals surface area (Å²) in [6.45, 7) is 2.09. The second kappa shape index (κ2) is 9.63. The fourth-order valence-corrected chi connectivity index (χ4v) is 4.85. The number of fused-ring (bicyclic) bond motifs is 1. The van der Waals surface area contributed by atoms with Crippen molar-refractivity contribution in [1.29, 1.82) is 0 Å². The minimum atomic E-state index is 0.192. The van der Waals surface area contributed by atoms with Gasteiger partial charge in [0, 0.05) is 33.7 Å². The molecule has 0 unspecified atom stereocenters. The summed E-state index contributed by atoms with van der Waals surface area (Å²) < 4.78 is 6.08. The quantitative estimate of drug-likeness (QED) is 0.260. The monoisotopic (exact) mass is 503 g/mol. The standard InChI is InChI=1S/C28H21N7OS/c1-17-8-13-24(37-17)25-20-5-2-3-6-21(20)26(35-34-25)32-18-9-11-19(12-10-18)36-27-22(7-4-15-30-27)23-14-16-31-28(29)33-23/h2-16H,1H3,(H,32,35)(H2,29,31,33). The highest BCUT2D eigenvalue weighted by molar-refractivity contribution is 7.15. The van der Waals surface area contributed by atoms with Gasteiger partial charge >= 0.3 is 0 Å². The first-order chi connectivity index (χ1) is 18.1. The molecule has 0 fully saturated rings. The number of nitrogen functional groups attached to an aromatic ring is 1. The number of pyridine rings is 1. The van der Waals surface area contributed by atoms with Crippen LogP contribution in [0, 0.1) is 6.92 Å². The predicted molar refractivity (Wildman–Crippen MR) is 147 cm³/mol. The van der Waals surface area contributed by atoms with E-state index >= 15 is 0 Å². The molecule has 3 N–H and O–H groups in total. The van der Waals surface area contributed by atoms with Gasteiger partial charge in [0.15, 0.2) is 5.82 Å². The molecular weight excluding hydrogens is 482 g/mol. The van der Waals surface area contributed by atoms with E-state index in [1.54, 1.807) is 29.8 Å². The first-order valence-electron chi connectivity index (χ1n) is 11.5. The van der Waals surface area contributed by atoms with Gasteiger partial charge in [-0.3, -0.25) is 0 Å². The van der Waals surface area contributed by atoms with Crippen molar-refractivity contribution in [2.24, 2.45) is 0 Å². The Morgan fingerprint density at radius 3 is 2.43 bits per heavy atom. The summed E-state index contributed by atoms with van der Waals surface area (Å²) in [5.41, 5.74) is 8.86. The summed E-state index contributed by atoms with van der Waals surface area (Å²) >= 11 is 1.71. The molecule has 4 heterocycles. The second-order valence-electron chi connectivity index (χ2n) is 8.26. The molecule has 0 radical (unpaired) electrons. The van der Waals surface area contributed by atoms with Crippen molar-refractivity contribution in [3.63, 3.8) is 0 Å². The maximum absolute atomic E-state index is 6.08. The number of anilines is 3. The molecular formula is C28H21N7OS. The number of aryl methyl sites for hydroxylation is 1. The Morgan fingerprint density at radius 2 is 1.65 bits per heavy atom. The van der Waals surface area contributed by atoms with E-state index in [4.69, 9.17) is 10.5 Å². The van der Waals surface area contributed by atoms with E-state index in [1.165, 1.54) is 4.88 Å². The van der Waals surface area contributed by atoms with E-state index in [0.717, 1.165) is 32.6 Å². The van der Waals surface area contributed by atoms with Crippen LogP contribution in [0.2, 0.25) is 0 Å². The molecule has 0 saturated heterocycles. The van der Waals surface area contributed by atoms with Crippen LogP contribution in [-0.4, -0.2) is 25.1 Å². The molecule has 0 amide bonds. The summed E-state index contributed by atoms with van der Waals surface area (Å²) in [7, 11) is 0. The number of hydrogen-bond donors (Lipinski definition) is 2. The SMILES string of the molecule is Cc1ccc(-c2nnc(Nc3ccc(Oc4ncccc4-c4ccnc(N)n4)cc3)c3ccccc23)s1. The summed E-state index contributed by atoms with van der Waals surface area (Å²) in [6, 6.07) is 25.4. The van der Waals surface area contributed by atoms with Crippen molar-refractivity contribution in [1.82, 2.24) is 25.1 Å². The Balaban J connectivity index is 1.26. The van der Waals surface area contributed by atoms with E-state index in [1.807, 2.05) is 48.5 Å². The van der Waals surface area contributed by atoms with Gasteiger partial charge in [0.2, 0.25) is 11.8 Å². The zero-order chi connectivity index (χ0) is 25.2. The predicted octanol–water partition coefficient (Wildman–Crippen LogP) is 6.64. The molecule has 8 nitrogen and oxygen atoms in total. The van der Waals surface area contributed by atoms with Crippen molar-refractivity contribution >= 4 is 39.6 Å². The molecule has 6 rings (SSSR count). The molecule has 0 bridgehead atoms. The molecule has 180 valence electrons. The molecule has 0 spiro atoms. The highest BCUT2D eigenvalue weighted by Crippen LogP contribution is 2.35. The average molecular weight is 504 g/mol. The molecule has 0 atom stereocenters. The smallest absolute Gasteiger partial charge is 0.228 e. The third-order valence-electron chi connectivity index (χ3n) is 5.71. The maximum atomic E-state index is 6.08. The van der Waals surface area contributed by atoms with Gasteiger partial charge in [-0.1, -0.05) is 24.3 Å². The zero-order valence-corrected chi connectivity index (χ0v) is 20.6. The molecule has 6 aromatic rings. The molecule has 9 heteroatoms. The summed E-state index contributed by atoms with van der Waals surface area (Å²) in [6.07, 6.45) is 3.28. The number of nitrogens with two attached hydrogens (primary N) is 1. The number of rotatable bonds is 6. The van der Waals surface area contributed by atoms with E-state index in [-0.39, 0.29) is 5.95 Å². The third kappa shape index (κ3) is 4.67. The fourth-order valence-electron chi connectivity index (χ4n) is 3.99. The van der Waals surface area contributed by atoms with Gasteiger partial charge in [-0.05, 0) is 61.5 Å². The molecule has 37 heavy (non-hydrogen) atoms. The summed E-state index contributed by atoms with van der Waals surface area (Å²) in [4.78, 5) is 15.0. The minimum absolute atomic E-state index is 0.192. The first kappa shape index (κ1) is 22.6. The molecule has 2 aromatic carbocycles. The van der Waals surface area contributed by atoms with Crippen LogP contribution in [0.15, 0.2) is 91.3 Å². The minimum Gasteiger partial charge on any atom is -0.438 e. The Morgan fingerprint density at radius 1 is 0.811 bits per heavy atom. The average Bonchev–Trinajstić information content (AvgIpc) is 3.36. The van der Waals surface area contributed by atoms with Crippen LogP contribution in [0.3, 0.4) is 0 Å². The summed E-state index contributed by atoms with van der Waals surface area (Å²) in [5.74, 6) is 1.94. The first-order valence-corrected chi connectivity index (χ1v) is 12.4. The number of thiophene rings is 1. The Bertz CT molecular complexity index is 1720. The van der Waals surface area contributed by atoms with Crippen LogP contribution in [-0.2, 0) is 0 Å². The van der Waals surface area contributed by atoms with Crippen molar-refractivity contribution in [3.05, 3.63) is 96.1 Å². The number of nitrogens with zero attached hydrogens (tertiary/aromatic N) is 5. The van der Waals surface area contributed by atoms with E-state index in [2.05, 4.69) is 61.7 Å². The van der Waals surface area contributed by atoms with Crippen molar-refractivity contribution < 1.29 is 4.74 Å².